The van der Waals surface area contributed by atoms with Crippen LogP contribution in [0.4, 0.5) is 0 Å². The van der Waals surface area contributed by atoms with E-state index in [1.807, 2.05) is 24.3 Å². The van der Waals surface area contributed by atoms with E-state index in [1.54, 1.807) is 22.9 Å². The van der Waals surface area contributed by atoms with Crippen LogP contribution in [0.5, 0.6) is 0 Å². The smallest absolute Gasteiger partial charge is 0.274 e. The van der Waals surface area contributed by atoms with Crippen molar-refractivity contribution in [2.45, 2.75) is 6.54 Å². The molecule has 0 unspecified atom stereocenters. The molecule has 0 saturated heterocycles. The summed E-state index contributed by atoms with van der Waals surface area (Å²) in [7, 11) is 0. The van der Waals surface area contributed by atoms with Crippen molar-refractivity contribution in [2.75, 3.05) is 0 Å². The van der Waals surface area contributed by atoms with Crippen molar-refractivity contribution < 1.29 is 4.52 Å². The van der Waals surface area contributed by atoms with Crippen LogP contribution in [0.3, 0.4) is 0 Å². The minimum Gasteiger partial charge on any atom is -0.332 e. The normalized spacial score (nSPS) is 10.4. The lowest BCUT2D eigenvalue weighted by Gasteiger charge is -1.98. The van der Waals surface area contributed by atoms with Crippen molar-refractivity contribution in [1.82, 2.24) is 14.7 Å². The van der Waals surface area contributed by atoms with Crippen molar-refractivity contribution >= 4 is 11.6 Å². The zero-order valence-electron chi connectivity index (χ0n) is 10.3. The fourth-order valence-corrected chi connectivity index (χ4v) is 2.08. The van der Waals surface area contributed by atoms with Gasteiger partial charge in [-0.2, -0.15) is 10.2 Å². The molecule has 0 N–H and O–H groups in total. The van der Waals surface area contributed by atoms with Crippen LogP contribution < -0.4 is 0 Å². The summed E-state index contributed by atoms with van der Waals surface area (Å²) >= 11 is 5.94. The molecular weight excluding hydrogens is 276 g/mol. The van der Waals surface area contributed by atoms with Gasteiger partial charge in [-0.3, -0.25) is 0 Å². The summed E-state index contributed by atoms with van der Waals surface area (Å²) in [5.74, 6) is 0.840. The third-order valence-corrected chi connectivity index (χ3v) is 3.03. The van der Waals surface area contributed by atoms with E-state index in [0.29, 0.717) is 22.4 Å². The van der Waals surface area contributed by atoms with Gasteiger partial charge in [0.05, 0.1) is 6.07 Å². The molecule has 0 fully saturated rings. The van der Waals surface area contributed by atoms with Crippen LogP contribution in [-0.4, -0.2) is 14.7 Å². The molecule has 0 aliphatic heterocycles. The Labute approximate surface area is 120 Å². The SMILES string of the molecule is N#CCn1cccc1-c1nc(-c2cccc(Cl)c2)no1. The lowest BCUT2D eigenvalue weighted by Crippen LogP contribution is -1.96. The van der Waals surface area contributed by atoms with Gasteiger partial charge in [0.15, 0.2) is 0 Å². The Morgan fingerprint density at radius 1 is 1.30 bits per heavy atom. The summed E-state index contributed by atoms with van der Waals surface area (Å²) in [4.78, 5) is 4.34. The van der Waals surface area contributed by atoms with E-state index in [4.69, 9.17) is 21.4 Å². The van der Waals surface area contributed by atoms with Gasteiger partial charge in [0.25, 0.3) is 5.89 Å². The van der Waals surface area contributed by atoms with E-state index < -0.39 is 0 Å². The minimum atomic E-state index is 0.233. The molecule has 6 heteroatoms. The van der Waals surface area contributed by atoms with E-state index in [2.05, 4.69) is 16.2 Å². The van der Waals surface area contributed by atoms with Gasteiger partial charge in [0.1, 0.15) is 12.2 Å². The monoisotopic (exact) mass is 284 g/mol. The second-order valence-corrected chi connectivity index (χ2v) is 4.55. The number of halogens is 1. The molecule has 0 radical (unpaired) electrons. The first kappa shape index (κ1) is 12.5. The Hall–Kier alpha value is -2.58. The zero-order chi connectivity index (χ0) is 13.9. The molecule has 0 aliphatic rings. The summed E-state index contributed by atoms with van der Waals surface area (Å²) < 4.78 is 7.00. The first-order valence-corrected chi connectivity index (χ1v) is 6.28. The number of nitriles is 1. The number of rotatable bonds is 3. The van der Waals surface area contributed by atoms with Crippen molar-refractivity contribution in [3.8, 4) is 29.0 Å². The van der Waals surface area contributed by atoms with Crippen LogP contribution in [0.2, 0.25) is 5.02 Å². The highest BCUT2D eigenvalue weighted by Gasteiger charge is 2.13. The third kappa shape index (κ3) is 2.29. The van der Waals surface area contributed by atoms with Crippen molar-refractivity contribution in [2.24, 2.45) is 0 Å². The van der Waals surface area contributed by atoms with Gasteiger partial charge in [-0.15, -0.1) is 0 Å². The number of hydrogen-bond acceptors (Lipinski definition) is 4. The predicted molar refractivity (Wildman–Crippen MR) is 73.8 cm³/mol. The molecular formula is C14H9ClN4O. The molecule has 0 spiro atoms. The Morgan fingerprint density at radius 2 is 2.20 bits per heavy atom. The van der Waals surface area contributed by atoms with Gasteiger partial charge in [-0.05, 0) is 24.3 Å². The third-order valence-electron chi connectivity index (χ3n) is 2.80. The molecule has 1 aromatic carbocycles. The summed E-state index contributed by atoms with van der Waals surface area (Å²) in [6.07, 6.45) is 1.79. The molecule has 0 bridgehead atoms. The number of aromatic nitrogens is 3. The molecule has 0 aliphatic carbocycles. The average molecular weight is 285 g/mol. The summed E-state index contributed by atoms with van der Waals surface area (Å²) in [5.41, 5.74) is 1.50. The number of hydrogen-bond donors (Lipinski definition) is 0. The van der Waals surface area contributed by atoms with E-state index in [9.17, 15) is 0 Å². The van der Waals surface area contributed by atoms with Crippen LogP contribution in [0, 0.1) is 11.3 Å². The predicted octanol–water partition coefficient (Wildman–Crippen LogP) is 3.38. The number of benzene rings is 1. The molecule has 0 atom stereocenters. The maximum Gasteiger partial charge on any atom is 0.274 e. The molecule has 0 saturated carbocycles. The van der Waals surface area contributed by atoms with Gasteiger partial charge in [0, 0.05) is 16.8 Å². The Bertz CT molecular complexity index is 784. The van der Waals surface area contributed by atoms with E-state index >= 15 is 0 Å². The fraction of sp³-hybridized carbons (Fsp3) is 0.0714. The van der Waals surface area contributed by atoms with E-state index in [-0.39, 0.29) is 6.54 Å². The maximum atomic E-state index is 8.77. The molecule has 2 heterocycles. The Kier molecular flexibility index (Phi) is 3.23. The van der Waals surface area contributed by atoms with Crippen molar-refractivity contribution in [1.29, 1.82) is 5.26 Å². The van der Waals surface area contributed by atoms with Crippen molar-refractivity contribution in [3.05, 3.63) is 47.6 Å². The quantitative estimate of drug-likeness (QED) is 0.739. The highest BCUT2D eigenvalue weighted by atomic mass is 35.5. The van der Waals surface area contributed by atoms with E-state index in [0.717, 1.165) is 5.56 Å². The second kappa shape index (κ2) is 5.19. The summed E-state index contributed by atoms with van der Waals surface area (Å²) in [6.45, 7) is 0.233. The minimum absolute atomic E-state index is 0.233. The highest BCUT2D eigenvalue weighted by molar-refractivity contribution is 6.30. The standard InChI is InChI=1S/C14H9ClN4O/c15-11-4-1-3-10(9-11)13-17-14(20-18-13)12-5-2-7-19(12)8-6-16/h1-5,7,9H,8H2. The van der Waals surface area contributed by atoms with Gasteiger partial charge in [-0.25, -0.2) is 0 Å². The Balaban J connectivity index is 1.98. The first-order valence-electron chi connectivity index (χ1n) is 5.90. The van der Waals surface area contributed by atoms with Gasteiger partial charge in [-0.1, -0.05) is 28.9 Å². The second-order valence-electron chi connectivity index (χ2n) is 4.11. The fourth-order valence-electron chi connectivity index (χ4n) is 1.89. The van der Waals surface area contributed by atoms with E-state index in [1.165, 1.54) is 0 Å². The maximum absolute atomic E-state index is 8.77. The van der Waals surface area contributed by atoms with Crippen LogP contribution in [0.15, 0.2) is 47.1 Å². The molecule has 20 heavy (non-hydrogen) atoms. The molecule has 98 valence electrons. The van der Waals surface area contributed by atoms with Crippen LogP contribution in [0.25, 0.3) is 23.0 Å². The summed E-state index contributed by atoms with van der Waals surface area (Å²) in [5, 5.41) is 13.3. The van der Waals surface area contributed by atoms with Gasteiger partial charge in [0.2, 0.25) is 5.82 Å². The molecule has 2 aromatic heterocycles. The number of nitrogens with zero attached hydrogens (tertiary/aromatic N) is 4. The van der Waals surface area contributed by atoms with Gasteiger partial charge >= 0.3 is 0 Å². The lowest BCUT2D eigenvalue weighted by atomic mass is 10.2. The highest BCUT2D eigenvalue weighted by Crippen LogP contribution is 2.24. The average Bonchev–Trinajstić information content (AvgIpc) is 3.07. The molecule has 3 rings (SSSR count). The van der Waals surface area contributed by atoms with Crippen molar-refractivity contribution in [3.63, 3.8) is 0 Å². The summed E-state index contributed by atoms with van der Waals surface area (Å²) in [6, 6.07) is 13.0. The Morgan fingerprint density at radius 3 is 3.00 bits per heavy atom. The topological polar surface area (TPSA) is 67.6 Å². The molecule has 0 amide bonds. The van der Waals surface area contributed by atoms with Crippen LogP contribution in [0.1, 0.15) is 0 Å². The molecule has 5 nitrogen and oxygen atoms in total. The van der Waals surface area contributed by atoms with Gasteiger partial charge < -0.3 is 9.09 Å². The van der Waals surface area contributed by atoms with Crippen LogP contribution >= 0.6 is 11.6 Å². The molecule has 3 aromatic rings. The largest absolute Gasteiger partial charge is 0.332 e. The first-order chi connectivity index (χ1) is 9.78. The lowest BCUT2D eigenvalue weighted by molar-refractivity contribution is 0.429. The zero-order valence-corrected chi connectivity index (χ0v) is 11.1. The van der Waals surface area contributed by atoms with Crippen LogP contribution in [-0.2, 0) is 6.54 Å².